The number of benzene rings is 1. The summed E-state index contributed by atoms with van der Waals surface area (Å²) in [4.78, 5) is 39.4. The molecule has 6 nitrogen and oxygen atoms in total. The van der Waals surface area contributed by atoms with Crippen molar-refractivity contribution in [3.63, 3.8) is 0 Å². The minimum atomic E-state index is -0.191. The van der Waals surface area contributed by atoms with Crippen LogP contribution in [0.2, 0.25) is 5.02 Å². The molecule has 0 saturated carbocycles. The van der Waals surface area contributed by atoms with Crippen LogP contribution in [0.3, 0.4) is 0 Å². The first-order valence-electron chi connectivity index (χ1n) is 7.55. The molecule has 2 saturated heterocycles. The molecule has 3 amide bonds. The highest BCUT2D eigenvalue weighted by Crippen LogP contribution is 2.24. The summed E-state index contributed by atoms with van der Waals surface area (Å²) in [6.07, 6.45) is 0.671. The van der Waals surface area contributed by atoms with Gasteiger partial charge in [-0.2, -0.15) is 0 Å². The van der Waals surface area contributed by atoms with Crippen LogP contribution in [0.5, 0.6) is 0 Å². The van der Waals surface area contributed by atoms with Crippen LogP contribution >= 0.6 is 11.6 Å². The zero-order valence-corrected chi connectivity index (χ0v) is 13.5. The van der Waals surface area contributed by atoms with Crippen molar-refractivity contribution in [3.05, 3.63) is 34.9 Å². The van der Waals surface area contributed by atoms with Crippen LogP contribution in [0.25, 0.3) is 0 Å². The fraction of sp³-hybridized carbons (Fsp3) is 0.438. The molecule has 122 valence electrons. The van der Waals surface area contributed by atoms with Crippen LogP contribution in [0.4, 0.5) is 0 Å². The van der Waals surface area contributed by atoms with E-state index in [-0.39, 0.29) is 36.3 Å². The summed E-state index contributed by atoms with van der Waals surface area (Å²) in [5.74, 6) is -0.373. The minimum absolute atomic E-state index is 0.0392. The van der Waals surface area contributed by atoms with E-state index in [0.29, 0.717) is 30.1 Å². The van der Waals surface area contributed by atoms with Gasteiger partial charge in [0.15, 0.2) is 0 Å². The Morgan fingerprint density at radius 1 is 1.30 bits per heavy atom. The molecule has 1 N–H and O–H groups in total. The Morgan fingerprint density at radius 2 is 2.09 bits per heavy atom. The first-order chi connectivity index (χ1) is 10.9. The Labute approximate surface area is 139 Å². The SMILES string of the molecule is CC(=O)N[C@H]1C[C@H]2CN(C(=O)c3cccc(Cl)c3)CC(=O)N2C1. The van der Waals surface area contributed by atoms with E-state index in [1.807, 2.05) is 0 Å². The maximum Gasteiger partial charge on any atom is 0.254 e. The van der Waals surface area contributed by atoms with Crippen LogP contribution < -0.4 is 5.32 Å². The summed E-state index contributed by atoms with van der Waals surface area (Å²) in [6.45, 7) is 2.53. The predicted octanol–water partition coefficient (Wildman–Crippen LogP) is 0.901. The van der Waals surface area contributed by atoms with Gasteiger partial charge >= 0.3 is 0 Å². The van der Waals surface area contributed by atoms with E-state index in [4.69, 9.17) is 11.6 Å². The Morgan fingerprint density at radius 3 is 2.78 bits per heavy atom. The van der Waals surface area contributed by atoms with Gasteiger partial charge in [-0.1, -0.05) is 17.7 Å². The second-order valence-electron chi connectivity index (χ2n) is 6.03. The van der Waals surface area contributed by atoms with Crippen molar-refractivity contribution in [2.45, 2.75) is 25.4 Å². The van der Waals surface area contributed by atoms with Gasteiger partial charge in [-0.25, -0.2) is 0 Å². The monoisotopic (exact) mass is 335 g/mol. The van der Waals surface area contributed by atoms with E-state index in [1.165, 1.54) is 6.92 Å². The lowest BCUT2D eigenvalue weighted by molar-refractivity contribution is -0.136. The summed E-state index contributed by atoms with van der Waals surface area (Å²) in [5, 5.41) is 3.34. The first-order valence-corrected chi connectivity index (χ1v) is 7.93. The highest BCUT2D eigenvalue weighted by atomic mass is 35.5. The van der Waals surface area contributed by atoms with Gasteiger partial charge in [-0.3, -0.25) is 14.4 Å². The van der Waals surface area contributed by atoms with Gasteiger partial charge in [0.05, 0.1) is 6.04 Å². The molecule has 3 rings (SSSR count). The largest absolute Gasteiger partial charge is 0.352 e. The van der Waals surface area contributed by atoms with Crippen molar-refractivity contribution in [2.24, 2.45) is 0 Å². The number of carbonyl (C=O) groups is 3. The lowest BCUT2D eigenvalue weighted by Gasteiger charge is -2.36. The molecule has 0 aromatic heterocycles. The molecule has 0 aliphatic carbocycles. The van der Waals surface area contributed by atoms with Crippen LogP contribution in [0.15, 0.2) is 24.3 Å². The van der Waals surface area contributed by atoms with Crippen molar-refractivity contribution in [2.75, 3.05) is 19.6 Å². The number of hydrogen-bond acceptors (Lipinski definition) is 3. The third-order valence-electron chi connectivity index (χ3n) is 4.26. The van der Waals surface area contributed by atoms with Gasteiger partial charge in [0.1, 0.15) is 6.54 Å². The van der Waals surface area contributed by atoms with E-state index in [9.17, 15) is 14.4 Å². The zero-order valence-electron chi connectivity index (χ0n) is 12.8. The third kappa shape index (κ3) is 3.32. The van der Waals surface area contributed by atoms with Gasteiger partial charge in [0, 0.05) is 36.6 Å². The lowest BCUT2D eigenvalue weighted by Crippen LogP contribution is -2.55. The maximum atomic E-state index is 12.6. The van der Waals surface area contributed by atoms with Crippen LogP contribution in [-0.2, 0) is 9.59 Å². The summed E-state index contributed by atoms with van der Waals surface area (Å²) < 4.78 is 0. The second kappa shape index (κ2) is 6.20. The van der Waals surface area contributed by atoms with Gasteiger partial charge in [0.25, 0.3) is 5.91 Å². The van der Waals surface area contributed by atoms with Gasteiger partial charge in [0.2, 0.25) is 11.8 Å². The quantitative estimate of drug-likeness (QED) is 0.873. The maximum absolute atomic E-state index is 12.6. The van der Waals surface area contributed by atoms with Crippen molar-refractivity contribution >= 4 is 29.3 Å². The van der Waals surface area contributed by atoms with E-state index in [2.05, 4.69) is 5.32 Å². The number of halogens is 1. The van der Waals surface area contributed by atoms with Gasteiger partial charge in [-0.15, -0.1) is 0 Å². The molecule has 1 aromatic rings. The number of amides is 3. The number of piperazine rings is 1. The highest BCUT2D eigenvalue weighted by Gasteiger charge is 2.41. The molecule has 0 unspecified atom stereocenters. The molecular weight excluding hydrogens is 318 g/mol. The number of fused-ring (bicyclic) bond motifs is 1. The smallest absolute Gasteiger partial charge is 0.254 e. The zero-order chi connectivity index (χ0) is 16.6. The second-order valence-corrected chi connectivity index (χ2v) is 6.47. The molecule has 7 heteroatoms. The number of nitrogens with zero attached hydrogens (tertiary/aromatic N) is 2. The Kier molecular flexibility index (Phi) is 4.26. The number of nitrogens with one attached hydrogen (secondary N) is 1. The molecule has 0 spiro atoms. The predicted molar refractivity (Wildman–Crippen MR) is 85.1 cm³/mol. The highest BCUT2D eigenvalue weighted by molar-refractivity contribution is 6.31. The normalized spacial score (nSPS) is 23.7. The Balaban J connectivity index is 1.72. The number of hydrogen-bond donors (Lipinski definition) is 1. The molecule has 2 heterocycles. The lowest BCUT2D eigenvalue weighted by atomic mass is 10.1. The average Bonchev–Trinajstić information content (AvgIpc) is 2.88. The molecule has 0 bridgehead atoms. The first kappa shape index (κ1) is 15.8. The van der Waals surface area contributed by atoms with E-state index >= 15 is 0 Å². The Bertz CT molecular complexity index is 664. The summed E-state index contributed by atoms with van der Waals surface area (Å²) in [7, 11) is 0. The third-order valence-corrected chi connectivity index (χ3v) is 4.49. The number of carbonyl (C=O) groups excluding carboxylic acids is 3. The summed E-state index contributed by atoms with van der Waals surface area (Å²) >= 11 is 5.93. The van der Waals surface area contributed by atoms with Crippen molar-refractivity contribution < 1.29 is 14.4 Å². The average molecular weight is 336 g/mol. The van der Waals surface area contributed by atoms with Crippen LogP contribution in [0.1, 0.15) is 23.7 Å². The molecule has 2 aliphatic heterocycles. The standard InChI is InChI=1S/C16H18ClN3O3/c1-10(21)18-13-6-14-8-19(9-15(22)20(14)7-13)16(23)11-3-2-4-12(17)5-11/h2-5,13-14H,6-9H2,1H3,(H,18,21)/t13-,14-/m0/s1. The van der Waals surface area contributed by atoms with Crippen molar-refractivity contribution in [3.8, 4) is 0 Å². The van der Waals surface area contributed by atoms with Gasteiger partial charge in [-0.05, 0) is 24.6 Å². The van der Waals surface area contributed by atoms with E-state index < -0.39 is 0 Å². The molecule has 0 radical (unpaired) electrons. The van der Waals surface area contributed by atoms with E-state index in [0.717, 1.165) is 0 Å². The molecular formula is C16H18ClN3O3. The van der Waals surface area contributed by atoms with Crippen molar-refractivity contribution in [1.29, 1.82) is 0 Å². The number of rotatable bonds is 2. The van der Waals surface area contributed by atoms with Crippen LogP contribution in [0, 0.1) is 0 Å². The fourth-order valence-electron chi connectivity index (χ4n) is 3.32. The summed E-state index contributed by atoms with van der Waals surface area (Å²) in [5.41, 5.74) is 0.482. The van der Waals surface area contributed by atoms with E-state index in [1.54, 1.807) is 34.1 Å². The minimum Gasteiger partial charge on any atom is -0.352 e. The van der Waals surface area contributed by atoms with Crippen LogP contribution in [-0.4, -0.2) is 59.2 Å². The molecule has 2 aliphatic rings. The molecule has 2 fully saturated rings. The molecule has 2 atom stereocenters. The molecule has 23 heavy (non-hydrogen) atoms. The fourth-order valence-corrected chi connectivity index (χ4v) is 3.51. The van der Waals surface area contributed by atoms with Gasteiger partial charge < -0.3 is 15.1 Å². The van der Waals surface area contributed by atoms with Crippen molar-refractivity contribution in [1.82, 2.24) is 15.1 Å². The Hall–Kier alpha value is -2.08. The topological polar surface area (TPSA) is 69.7 Å². The molecule has 1 aromatic carbocycles. The summed E-state index contributed by atoms with van der Waals surface area (Å²) in [6, 6.07) is 6.64.